The van der Waals surface area contributed by atoms with Crippen molar-refractivity contribution in [3.63, 3.8) is 0 Å². The Morgan fingerprint density at radius 2 is 2.15 bits per heavy atom. The van der Waals surface area contributed by atoms with Gasteiger partial charge >= 0.3 is 0 Å². The zero-order valence-corrected chi connectivity index (χ0v) is 12.0. The monoisotopic (exact) mass is 321 g/mol. The third-order valence-electron chi connectivity index (χ3n) is 2.13. The van der Waals surface area contributed by atoms with Crippen LogP contribution in [0.5, 0.6) is 0 Å². The first-order chi connectivity index (χ1) is 9.74. The molecule has 0 radical (unpaired) electrons. The molecule has 3 aromatic heterocycles. The van der Waals surface area contributed by atoms with Gasteiger partial charge in [0.05, 0.1) is 21.6 Å². The third kappa shape index (κ3) is 2.80. The molecule has 0 aliphatic heterocycles. The molecule has 0 N–H and O–H groups in total. The van der Waals surface area contributed by atoms with Gasteiger partial charge in [-0.25, -0.2) is 9.97 Å². The van der Waals surface area contributed by atoms with E-state index >= 15 is 0 Å². The van der Waals surface area contributed by atoms with Gasteiger partial charge in [0.1, 0.15) is 11.1 Å². The summed E-state index contributed by atoms with van der Waals surface area (Å²) in [7, 11) is 0. The average Bonchev–Trinajstić information content (AvgIpc) is 3.09. The minimum atomic E-state index is 0.258. The third-order valence-corrected chi connectivity index (χ3v) is 4.10. The normalized spacial score (nSPS) is 10.4. The van der Waals surface area contributed by atoms with Gasteiger partial charge in [0.15, 0.2) is 5.69 Å². The van der Waals surface area contributed by atoms with Crippen LogP contribution in [-0.2, 0) is 0 Å². The smallest absolute Gasteiger partial charge is 0.283 e. The summed E-state index contributed by atoms with van der Waals surface area (Å²) in [6.07, 6.45) is 2.87. The SMILES string of the molecule is N#Cc1cnc(Sc2nnc(-c3ccc(Cl)s3)o2)cn1. The van der Waals surface area contributed by atoms with Crippen LogP contribution >= 0.6 is 34.7 Å². The highest BCUT2D eigenvalue weighted by Gasteiger charge is 2.12. The number of hydrogen-bond donors (Lipinski definition) is 0. The Bertz CT molecular complexity index is 777. The van der Waals surface area contributed by atoms with Crippen molar-refractivity contribution in [3.05, 3.63) is 34.6 Å². The lowest BCUT2D eigenvalue weighted by molar-refractivity contribution is 0.466. The minimum absolute atomic E-state index is 0.258. The van der Waals surface area contributed by atoms with Crippen molar-refractivity contribution in [3.8, 4) is 16.8 Å². The van der Waals surface area contributed by atoms with E-state index in [9.17, 15) is 0 Å². The van der Waals surface area contributed by atoms with E-state index in [1.54, 1.807) is 6.07 Å². The van der Waals surface area contributed by atoms with E-state index < -0.39 is 0 Å². The van der Waals surface area contributed by atoms with Gasteiger partial charge in [-0.3, -0.25) is 0 Å². The molecule has 3 heterocycles. The molecule has 0 aromatic carbocycles. The molecular weight excluding hydrogens is 318 g/mol. The summed E-state index contributed by atoms with van der Waals surface area (Å²) in [5.74, 6) is 0.408. The molecule has 0 saturated carbocycles. The van der Waals surface area contributed by atoms with Gasteiger partial charge < -0.3 is 4.42 Å². The van der Waals surface area contributed by atoms with Crippen molar-refractivity contribution < 1.29 is 4.42 Å². The molecule has 0 amide bonds. The highest BCUT2D eigenvalue weighted by Crippen LogP contribution is 2.32. The Labute approximate surface area is 126 Å². The van der Waals surface area contributed by atoms with Crippen molar-refractivity contribution in [2.75, 3.05) is 0 Å². The highest BCUT2D eigenvalue weighted by atomic mass is 35.5. The first-order valence-electron chi connectivity index (χ1n) is 5.24. The molecule has 98 valence electrons. The van der Waals surface area contributed by atoms with Crippen LogP contribution < -0.4 is 0 Å². The molecule has 0 bridgehead atoms. The first-order valence-corrected chi connectivity index (χ1v) is 7.25. The number of nitrogens with zero attached hydrogens (tertiary/aromatic N) is 5. The van der Waals surface area contributed by atoms with E-state index in [1.807, 2.05) is 12.1 Å². The summed E-state index contributed by atoms with van der Waals surface area (Å²) in [5, 5.41) is 17.4. The zero-order valence-electron chi connectivity index (χ0n) is 9.65. The number of halogens is 1. The maximum Gasteiger partial charge on any atom is 0.283 e. The molecule has 0 unspecified atom stereocenters. The lowest BCUT2D eigenvalue weighted by atomic mass is 10.5. The quantitative estimate of drug-likeness (QED) is 0.731. The molecule has 6 nitrogen and oxygen atoms in total. The molecule has 0 aliphatic carbocycles. The molecule has 9 heteroatoms. The van der Waals surface area contributed by atoms with Gasteiger partial charge in [-0.05, 0) is 23.9 Å². The Morgan fingerprint density at radius 1 is 1.25 bits per heavy atom. The summed E-state index contributed by atoms with van der Waals surface area (Å²) >= 11 is 8.39. The number of hydrogen-bond acceptors (Lipinski definition) is 8. The number of thiophene rings is 1. The predicted molar refractivity (Wildman–Crippen MR) is 73.5 cm³/mol. The summed E-state index contributed by atoms with van der Waals surface area (Å²) in [6.45, 7) is 0. The number of aromatic nitrogens is 4. The van der Waals surface area contributed by atoms with Crippen LogP contribution in [0.3, 0.4) is 0 Å². The molecule has 0 fully saturated rings. The fourth-order valence-electron chi connectivity index (χ4n) is 1.30. The van der Waals surface area contributed by atoms with Crippen molar-refractivity contribution in [1.29, 1.82) is 5.26 Å². The topological polar surface area (TPSA) is 88.5 Å². The maximum atomic E-state index is 8.64. The van der Waals surface area contributed by atoms with Gasteiger partial charge in [0.25, 0.3) is 11.1 Å². The van der Waals surface area contributed by atoms with Crippen LogP contribution in [0, 0.1) is 11.3 Å². The summed E-state index contributed by atoms with van der Waals surface area (Å²) < 4.78 is 6.16. The highest BCUT2D eigenvalue weighted by molar-refractivity contribution is 7.99. The van der Waals surface area contributed by atoms with Crippen molar-refractivity contribution in [2.24, 2.45) is 0 Å². The Balaban J connectivity index is 1.78. The summed E-state index contributed by atoms with van der Waals surface area (Å²) in [4.78, 5) is 8.78. The van der Waals surface area contributed by atoms with E-state index in [0.29, 0.717) is 20.5 Å². The predicted octanol–water partition coefficient (Wildman–Crippen LogP) is 3.26. The summed E-state index contributed by atoms with van der Waals surface area (Å²) in [6, 6.07) is 5.49. The van der Waals surface area contributed by atoms with Gasteiger partial charge in [0.2, 0.25) is 0 Å². The fourth-order valence-corrected chi connectivity index (χ4v) is 2.85. The first kappa shape index (κ1) is 13.1. The van der Waals surface area contributed by atoms with E-state index in [1.165, 1.54) is 35.5 Å². The second-order valence-electron chi connectivity index (χ2n) is 3.43. The summed E-state index contributed by atoms with van der Waals surface area (Å²) in [5.41, 5.74) is 0.258. The Kier molecular flexibility index (Phi) is 3.64. The Hall–Kier alpha value is -1.95. The van der Waals surface area contributed by atoms with E-state index in [-0.39, 0.29) is 5.69 Å². The van der Waals surface area contributed by atoms with Crippen LogP contribution in [0.1, 0.15) is 5.69 Å². The lowest BCUT2D eigenvalue weighted by Gasteiger charge is -1.93. The van der Waals surface area contributed by atoms with Crippen LogP contribution in [0.15, 0.2) is 39.2 Å². The average molecular weight is 322 g/mol. The zero-order chi connectivity index (χ0) is 13.9. The largest absolute Gasteiger partial charge is 0.410 e. The van der Waals surface area contributed by atoms with Crippen LogP contribution in [0.2, 0.25) is 4.34 Å². The van der Waals surface area contributed by atoms with Gasteiger partial charge in [-0.15, -0.1) is 21.5 Å². The maximum absolute atomic E-state index is 8.64. The van der Waals surface area contributed by atoms with Crippen LogP contribution in [-0.4, -0.2) is 20.2 Å². The lowest BCUT2D eigenvalue weighted by Crippen LogP contribution is -1.86. The minimum Gasteiger partial charge on any atom is -0.410 e. The molecule has 20 heavy (non-hydrogen) atoms. The molecule has 0 spiro atoms. The van der Waals surface area contributed by atoms with Crippen molar-refractivity contribution in [2.45, 2.75) is 10.2 Å². The van der Waals surface area contributed by atoms with Crippen LogP contribution in [0.4, 0.5) is 0 Å². The van der Waals surface area contributed by atoms with E-state index in [2.05, 4.69) is 20.2 Å². The second-order valence-corrected chi connectivity index (χ2v) is 6.12. The van der Waals surface area contributed by atoms with Crippen molar-refractivity contribution >= 4 is 34.7 Å². The van der Waals surface area contributed by atoms with Crippen LogP contribution in [0.25, 0.3) is 10.8 Å². The van der Waals surface area contributed by atoms with E-state index in [4.69, 9.17) is 21.3 Å². The van der Waals surface area contributed by atoms with Gasteiger partial charge in [-0.2, -0.15) is 5.26 Å². The molecule has 3 aromatic rings. The standard InChI is InChI=1S/C11H4ClN5OS2/c12-8-2-1-7(19-8)10-16-17-11(18-10)20-9-5-14-6(3-13)4-15-9/h1-2,4-5H. The molecule has 0 aliphatic rings. The molecule has 0 atom stereocenters. The Morgan fingerprint density at radius 3 is 2.80 bits per heavy atom. The number of nitriles is 1. The number of rotatable bonds is 3. The molecule has 0 saturated heterocycles. The van der Waals surface area contributed by atoms with E-state index in [0.717, 1.165) is 4.88 Å². The van der Waals surface area contributed by atoms with Gasteiger partial charge in [-0.1, -0.05) is 11.6 Å². The second kappa shape index (κ2) is 5.58. The molecular formula is C11H4ClN5OS2. The van der Waals surface area contributed by atoms with Gasteiger partial charge in [0, 0.05) is 0 Å². The molecule has 3 rings (SSSR count). The fraction of sp³-hybridized carbons (Fsp3) is 0. The van der Waals surface area contributed by atoms with Crippen molar-refractivity contribution in [1.82, 2.24) is 20.2 Å².